The number of benzene rings is 1. The van der Waals surface area contributed by atoms with Crippen molar-refractivity contribution < 1.29 is 18.7 Å². The highest BCUT2D eigenvalue weighted by atomic mass is 32.1. The molecule has 0 fully saturated rings. The van der Waals surface area contributed by atoms with E-state index in [4.69, 9.17) is 5.11 Å². The lowest BCUT2D eigenvalue weighted by molar-refractivity contribution is -0.123. The fourth-order valence-electron chi connectivity index (χ4n) is 1.32. The summed E-state index contributed by atoms with van der Waals surface area (Å²) >= 11 is 4.08. The molecule has 1 atom stereocenters. The fraction of sp³-hybridized carbons (Fsp3) is 0.417. The summed E-state index contributed by atoms with van der Waals surface area (Å²) < 4.78 is 25.4. The molecule has 2 N–H and O–H groups in total. The van der Waals surface area contributed by atoms with Gasteiger partial charge in [-0.05, 0) is 12.0 Å². The van der Waals surface area contributed by atoms with E-state index >= 15 is 0 Å². The fourth-order valence-corrected chi connectivity index (χ4v) is 1.62. The molecule has 0 aromatic heterocycles. The number of alkyl halides is 2. The van der Waals surface area contributed by atoms with Crippen molar-refractivity contribution >= 4 is 18.5 Å². The molecule has 0 heterocycles. The third kappa shape index (κ3) is 5.01. The molecule has 18 heavy (non-hydrogen) atoms. The van der Waals surface area contributed by atoms with Gasteiger partial charge in [0.1, 0.15) is 6.61 Å². The van der Waals surface area contributed by atoms with Crippen molar-refractivity contribution in [2.24, 2.45) is 0 Å². The Morgan fingerprint density at radius 2 is 2.00 bits per heavy atom. The number of hydrogen-bond acceptors (Lipinski definition) is 3. The summed E-state index contributed by atoms with van der Waals surface area (Å²) in [7, 11) is 0. The van der Waals surface area contributed by atoms with Crippen LogP contribution in [0.15, 0.2) is 30.3 Å². The van der Waals surface area contributed by atoms with Gasteiger partial charge in [0.05, 0.1) is 11.8 Å². The van der Waals surface area contributed by atoms with Gasteiger partial charge in [0.2, 0.25) is 5.91 Å². The number of rotatable bonds is 6. The summed E-state index contributed by atoms with van der Waals surface area (Å²) in [5.74, 6) is -3.87. The van der Waals surface area contributed by atoms with E-state index in [9.17, 15) is 13.6 Å². The maximum atomic E-state index is 12.7. The number of aliphatic hydroxyl groups is 1. The van der Waals surface area contributed by atoms with Crippen LogP contribution in [0.3, 0.4) is 0 Å². The van der Waals surface area contributed by atoms with Crippen molar-refractivity contribution in [1.29, 1.82) is 0 Å². The quantitative estimate of drug-likeness (QED) is 0.685. The highest BCUT2D eigenvalue weighted by molar-refractivity contribution is 7.81. The van der Waals surface area contributed by atoms with Crippen molar-refractivity contribution in [2.45, 2.75) is 17.6 Å². The minimum absolute atomic E-state index is 0.362. The number of aliphatic hydroxyl groups excluding tert-OH is 1. The number of nitrogens with one attached hydrogen (secondary N) is 1. The van der Waals surface area contributed by atoms with E-state index in [0.717, 1.165) is 5.56 Å². The highest BCUT2D eigenvalue weighted by Gasteiger charge is 2.29. The molecular formula is C12H15F2NO2S. The first-order chi connectivity index (χ1) is 8.44. The lowest BCUT2D eigenvalue weighted by Gasteiger charge is -2.16. The van der Waals surface area contributed by atoms with Gasteiger partial charge in [-0.25, -0.2) is 8.78 Å². The molecule has 1 rings (SSSR count). The summed E-state index contributed by atoms with van der Waals surface area (Å²) in [6.45, 7) is -2.17. The Balaban J connectivity index is 2.43. The first kappa shape index (κ1) is 14.9. The van der Waals surface area contributed by atoms with Crippen molar-refractivity contribution in [3.63, 3.8) is 0 Å². The van der Waals surface area contributed by atoms with Crippen LogP contribution in [-0.4, -0.2) is 35.3 Å². The van der Waals surface area contributed by atoms with Crippen molar-refractivity contribution in [3.8, 4) is 0 Å². The van der Waals surface area contributed by atoms with Crippen LogP contribution in [0.5, 0.6) is 0 Å². The number of carbonyl (C=O) groups is 1. The van der Waals surface area contributed by atoms with Crippen molar-refractivity contribution in [3.05, 3.63) is 35.9 Å². The maximum absolute atomic E-state index is 12.7. The number of hydrogen-bond donors (Lipinski definition) is 3. The van der Waals surface area contributed by atoms with Crippen LogP contribution < -0.4 is 5.32 Å². The molecule has 0 radical (unpaired) electrons. The summed E-state index contributed by atoms with van der Waals surface area (Å²) in [4.78, 5) is 11.5. The van der Waals surface area contributed by atoms with Crippen LogP contribution in [0.1, 0.15) is 5.56 Å². The van der Waals surface area contributed by atoms with Gasteiger partial charge in [0.25, 0.3) is 5.92 Å². The van der Waals surface area contributed by atoms with E-state index in [0.29, 0.717) is 6.42 Å². The predicted molar refractivity (Wildman–Crippen MR) is 68.0 cm³/mol. The molecule has 0 aliphatic rings. The van der Waals surface area contributed by atoms with Crippen LogP contribution in [0.25, 0.3) is 0 Å². The molecule has 1 amide bonds. The molecule has 6 heteroatoms. The second-order valence-electron chi connectivity index (χ2n) is 3.94. The van der Waals surface area contributed by atoms with Gasteiger partial charge in [-0.15, -0.1) is 0 Å². The van der Waals surface area contributed by atoms with E-state index < -0.39 is 30.2 Å². The predicted octanol–water partition coefficient (Wildman–Crippen LogP) is 1.27. The van der Waals surface area contributed by atoms with Gasteiger partial charge < -0.3 is 10.4 Å². The van der Waals surface area contributed by atoms with Gasteiger partial charge in [0.15, 0.2) is 0 Å². The van der Waals surface area contributed by atoms with Crippen LogP contribution in [0.4, 0.5) is 8.78 Å². The average molecular weight is 275 g/mol. The van der Waals surface area contributed by atoms with E-state index in [2.05, 4.69) is 17.9 Å². The molecule has 0 bridgehead atoms. The van der Waals surface area contributed by atoms with Crippen molar-refractivity contribution in [2.75, 3.05) is 13.2 Å². The van der Waals surface area contributed by atoms with Crippen LogP contribution >= 0.6 is 12.6 Å². The number of carbonyl (C=O) groups excluding carboxylic acids is 1. The zero-order valence-corrected chi connectivity index (χ0v) is 10.5. The minimum atomic E-state index is -3.30. The largest absolute Gasteiger partial charge is 0.390 e. The first-order valence-electron chi connectivity index (χ1n) is 5.43. The molecular weight excluding hydrogens is 260 g/mol. The van der Waals surface area contributed by atoms with Gasteiger partial charge in [-0.2, -0.15) is 12.6 Å². The van der Waals surface area contributed by atoms with E-state index in [1.54, 1.807) is 0 Å². The zero-order valence-electron chi connectivity index (χ0n) is 9.64. The smallest absolute Gasteiger partial charge is 0.287 e. The third-order valence-electron chi connectivity index (χ3n) is 2.33. The molecule has 1 unspecified atom stereocenters. The van der Waals surface area contributed by atoms with Gasteiger partial charge in [-0.3, -0.25) is 4.79 Å². The normalized spacial score (nSPS) is 13.1. The molecule has 3 nitrogen and oxygen atoms in total. The molecule has 1 aromatic carbocycles. The lowest BCUT2D eigenvalue weighted by Crippen LogP contribution is -2.42. The standard InChI is InChI=1S/C12H15F2NO2S/c13-12(14,8-16)7-15-11(17)10(18)6-9-4-2-1-3-5-9/h1-5,10,16,18H,6-8H2,(H,15,17). The number of thiol groups is 1. The zero-order chi connectivity index (χ0) is 13.6. The Labute approximate surface area is 110 Å². The summed E-state index contributed by atoms with van der Waals surface area (Å²) in [5.41, 5.74) is 0.904. The third-order valence-corrected chi connectivity index (χ3v) is 2.74. The Bertz CT molecular complexity index is 387. The second kappa shape index (κ2) is 6.70. The topological polar surface area (TPSA) is 49.3 Å². The molecule has 0 aliphatic heterocycles. The summed E-state index contributed by atoms with van der Waals surface area (Å²) in [6.07, 6.45) is 0.362. The minimum Gasteiger partial charge on any atom is -0.390 e. The second-order valence-corrected chi connectivity index (χ2v) is 4.56. The van der Waals surface area contributed by atoms with Gasteiger partial charge in [0, 0.05) is 0 Å². The molecule has 100 valence electrons. The Hall–Kier alpha value is -1.14. The Morgan fingerprint density at radius 3 is 2.56 bits per heavy atom. The van der Waals surface area contributed by atoms with E-state index in [1.165, 1.54) is 0 Å². The van der Waals surface area contributed by atoms with Crippen molar-refractivity contribution in [1.82, 2.24) is 5.32 Å². The maximum Gasteiger partial charge on any atom is 0.287 e. The average Bonchev–Trinajstić information content (AvgIpc) is 2.37. The SMILES string of the molecule is O=C(NCC(F)(F)CO)C(S)Cc1ccccc1. The van der Waals surface area contributed by atoms with Gasteiger partial charge in [-0.1, -0.05) is 30.3 Å². The molecule has 0 saturated carbocycles. The van der Waals surface area contributed by atoms with Gasteiger partial charge >= 0.3 is 0 Å². The first-order valence-corrected chi connectivity index (χ1v) is 5.94. The number of halogens is 2. The highest BCUT2D eigenvalue weighted by Crippen LogP contribution is 2.11. The lowest BCUT2D eigenvalue weighted by atomic mass is 10.1. The summed E-state index contributed by atoms with van der Waals surface area (Å²) in [5, 5.41) is 9.74. The van der Waals surface area contributed by atoms with E-state index in [1.807, 2.05) is 30.3 Å². The number of amides is 1. The Morgan fingerprint density at radius 1 is 1.39 bits per heavy atom. The monoisotopic (exact) mass is 275 g/mol. The Kier molecular flexibility index (Phi) is 5.55. The van der Waals surface area contributed by atoms with Crippen LogP contribution in [-0.2, 0) is 11.2 Å². The van der Waals surface area contributed by atoms with Crippen LogP contribution in [0.2, 0.25) is 0 Å². The molecule has 1 aromatic rings. The molecule has 0 aliphatic carbocycles. The summed E-state index contributed by atoms with van der Waals surface area (Å²) in [6, 6.07) is 9.16. The van der Waals surface area contributed by atoms with E-state index in [-0.39, 0.29) is 0 Å². The van der Waals surface area contributed by atoms with Crippen LogP contribution in [0, 0.1) is 0 Å². The molecule has 0 saturated heterocycles. The molecule has 0 spiro atoms.